The standard InChI is InChI=1S/C16H28N2O2/c1-11(16(20)17-12-8-9-12)18-10-4-6-14(18)13-5-2-3-7-15(13)19/h11-15,19H,2-10H2,1H3,(H,17,20). The maximum atomic E-state index is 12.3. The number of carbonyl (C=O) groups is 1. The molecule has 0 aromatic heterocycles. The number of nitrogens with one attached hydrogen (secondary N) is 1. The molecule has 4 heteroatoms. The third-order valence-electron chi connectivity index (χ3n) is 5.42. The van der Waals surface area contributed by atoms with Gasteiger partial charge in [0.2, 0.25) is 5.91 Å². The van der Waals surface area contributed by atoms with Crippen LogP contribution in [-0.4, -0.2) is 46.7 Å². The minimum Gasteiger partial charge on any atom is -0.393 e. The molecule has 1 saturated heterocycles. The lowest BCUT2D eigenvalue weighted by Gasteiger charge is -2.39. The van der Waals surface area contributed by atoms with Crippen LogP contribution < -0.4 is 5.32 Å². The van der Waals surface area contributed by atoms with E-state index < -0.39 is 0 Å². The molecular weight excluding hydrogens is 252 g/mol. The zero-order valence-electron chi connectivity index (χ0n) is 12.6. The number of likely N-dealkylation sites (tertiary alicyclic amines) is 1. The predicted octanol–water partition coefficient (Wildman–Crippen LogP) is 1.67. The van der Waals surface area contributed by atoms with E-state index in [4.69, 9.17) is 0 Å². The summed E-state index contributed by atoms with van der Waals surface area (Å²) in [5.74, 6) is 0.562. The molecule has 0 spiro atoms. The normalized spacial score (nSPS) is 36.8. The average molecular weight is 280 g/mol. The summed E-state index contributed by atoms with van der Waals surface area (Å²) in [6, 6.07) is 0.800. The minimum absolute atomic E-state index is 0.0442. The van der Waals surface area contributed by atoms with Crippen molar-refractivity contribution < 1.29 is 9.90 Å². The fourth-order valence-corrected chi connectivity index (χ4v) is 4.04. The lowest BCUT2D eigenvalue weighted by atomic mass is 9.80. The molecule has 20 heavy (non-hydrogen) atoms. The summed E-state index contributed by atoms with van der Waals surface area (Å²) in [5.41, 5.74) is 0. The fourth-order valence-electron chi connectivity index (χ4n) is 4.04. The lowest BCUT2D eigenvalue weighted by Crippen LogP contribution is -2.51. The Hall–Kier alpha value is -0.610. The number of aliphatic hydroxyl groups excluding tert-OH is 1. The Morgan fingerprint density at radius 2 is 1.90 bits per heavy atom. The Morgan fingerprint density at radius 1 is 1.15 bits per heavy atom. The van der Waals surface area contributed by atoms with Gasteiger partial charge in [-0.05, 0) is 52.0 Å². The number of hydrogen-bond donors (Lipinski definition) is 2. The van der Waals surface area contributed by atoms with Gasteiger partial charge in [-0.2, -0.15) is 0 Å². The first-order valence-corrected chi connectivity index (χ1v) is 8.41. The van der Waals surface area contributed by atoms with Crippen molar-refractivity contribution in [2.75, 3.05) is 6.54 Å². The second-order valence-electron chi connectivity index (χ2n) is 6.92. The molecule has 2 N–H and O–H groups in total. The summed E-state index contributed by atoms with van der Waals surface area (Å²) < 4.78 is 0. The van der Waals surface area contributed by atoms with Gasteiger partial charge in [-0.3, -0.25) is 9.69 Å². The molecule has 0 aromatic rings. The molecule has 3 aliphatic rings. The minimum atomic E-state index is -0.159. The van der Waals surface area contributed by atoms with E-state index in [0.717, 1.165) is 51.5 Å². The molecule has 1 amide bonds. The maximum absolute atomic E-state index is 12.3. The Morgan fingerprint density at radius 3 is 2.60 bits per heavy atom. The van der Waals surface area contributed by atoms with Crippen LogP contribution in [0.3, 0.4) is 0 Å². The van der Waals surface area contributed by atoms with E-state index in [1.165, 1.54) is 6.42 Å². The van der Waals surface area contributed by atoms with E-state index in [0.29, 0.717) is 18.0 Å². The summed E-state index contributed by atoms with van der Waals surface area (Å²) in [5, 5.41) is 13.4. The summed E-state index contributed by atoms with van der Waals surface area (Å²) in [6.07, 6.45) is 8.88. The first-order valence-electron chi connectivity index (χ1n) is 8.41. The summed E-state index contributed by atoms with van der Waals surface area (Å²) in [7, 11) is 0. The quantitative estimate of drug-likeness (QED) is 0.823. The van der Waals surface area contributed by atoms with Gasteiger partial charge >= 0.3 is 0 Å². The molecule has 0 radical (unpaired) electrons. The van der Waals surface area contributed by atoms with Gasteiger partial charge in [0.1, 0.15) is 0 Å². The van der Waals surface area contributed by atoms with Crippen molar-refractivity contribution >= 4 is 5.91 Å². The maximum Gasteiger partial charge on any atom is 0.237 e. The van der Waals surface area contributed by atoms with Gasteiger partial charge in [-0.25, -0.2) is 0 Å². The lowest BCUT2D eigenvalue weighted by molar-refractivity contribution is -0.127. The van der Waals surface area contributed by atoms with Crippen LogP contribution in [0.25, 0.3) is 0 Å². The van der Waals surface area contributed by atoms with Crippen molar-refractivity contribution in [2.45, 2.75) is 82.5 Å². The van der Waals surface area contributed by atoms with Gasteiger partial charge in [-0.1, -0.05) is 12.8 Å². The zero-order chi connectivity index (χ0) is 14.1. The molecule has 4 nitrogen and oxygen atoms in total. The summed E-state index contributed by atoms with van der Waals surface area (Å²) in [6.45, 7) is 3.04. The SMILES string of the molecule is CC(C(=O)NC1CC1)N1CCCC1C1CCCCC1O. The van der Waals surface area contributed by atoms with Crippen molar-refractivity contribution in [3.8, 4) is 0 Å². The zero-order valence-corrected chi connectivity index (χ0v) is 12.6. The molecule has 4 atom stereocenters. The summed E-state index contributed by atoms with van der Waals surface area (Å²) >= 11 is 0. The highest BCUT2D eigenvalue weighted by molar-refractivity contribution is 5.82. The van der Waals surface area contributed by atoms with E-state index in [1.54, 1.807) is 0 Å². The van der Waals surface area contributed by atoms with Crippen molar-refractivity contribution in [1.82, 2.24) is 10.2 Å². The Balaban J connectivity index is 1.62. The van der Waals surface area contributed by atoms with Crippen LogP contribution in [0, 0.1) is 5.92 Å². The van der Waals surface area contributed by atoms with Crippen molar-refractivity contribution in [3.63, 3.8) is 0 Å². The topological polar surface area (TPSA) is 52.6 Å². The van der Waals surface area contributed by atoms with Crippen LogP contribution in [0.5, 0.6) is 0 Å². The van der Waals surface area contributed by atoms with Crippen molar-refractivity contribution in [2.24, 2.45) is 5.92 Å². The van der Waals surface area contributed by atoms with Crippen molar-refractivity contribution in [1.29, 1.82) is 0 Å². The largest absolute Gasteiger partial charge is 0.393 e. The number of nitrogens with zero attached hydrogens (tertiary/aromatic N) is 1. The van der Waals surface area contributed by atoms with E-state index in [1.807, 2.05) is 6.92 Å². The molecule has 0 aromatic carbocycles. The molecule has 4 unspecified atom stereocenters. The third-order valence-corrected chi connectivity index (χ3v) is 5.42. The first-order chi connectivity index (χ1) is 9.66. The Labute approximate surface area is 121 Å². The van der Waals surface area contributed by atoms with Crippen LogP contribution in [-0.2, 0) is 4.79 Å². The number of carbonyl (C=O) groups excluding carboxylic acids is 1. The molecule has 2 aliphatic carbocycles. The molecule has 0 bridgehead atoms. The van der Waals surface area contributed by atoms with Crippen LogP contribution in [0.1, 0.15) is 58.3 Å². The van der Waals surface area contributed by atoms with E-state index >= 15 is 0 Å². The highest BCUT2D eigenvalue weighted by Gasteiger charge is 2.40. The third kappa shape index (κ3) is 3.01. The van der Waals surface area contributed by atoms with Crippen LogP contribution in [0.2, 0.25) is 0 Å². The second kappa shape index (κ2) is 6.02. The average Bonchev–Trinajstić information content (AvgIpc) is 3.12. The Kier molecular flexibility index (Phi) is 4.32. The van der Waals surface area contributed by atoms with Gasteiger partial charge < -0.3 is 10.4 Å². The molecule has 114 valence electrons. The highest BCUT2D eigenvalue weighted by atomic mass is 16.3. The van der Waals surface area contributed by atoms with Gasteiger partial charge in [0.05, 0.1) is 12.1 Å². The van der Waals surface area contributed by atoms with Crippen LogP contribution >= 0.6 is 0 Å². The summed E-state index contributed by atoms with van der Waals surface area (Å²) in [4.78, 5) is 14.6. The highest BCUT2D eigenvalue weighted by Crippen LogP contribution is 2.35. The van der Waals surface area contributed by atoms with Gasteiger partial charge in [0.25, 0.3) is 0 Å². The van der Waals surface area contributed by atoms with Crippen LogP contribution in [0.4, 0.5) is 0 Å². The second-order valence-corrected chi connectivity index (χ2v) is 6.92. The number of rotatable bonds is 4. The molecule has 3 fully saturated rings. The van der Waals surface area contributed by atoms with E-state index in [9.17, 15) is 9.90 Å². The van der Waals surface area contributed by atoms with Gasteiger partial charge in [0, 0.05) is 18.0 Å². The molecule has 1 aliphatic heterocycles. The Bertz CT molecular complexity index is 356. The number of hydrogen-bond acceptors (Lipinski definition) is 3. The monoisotopic (exact) mass is 280 g/mol. The molecule has 1 heterocycles. The predicted molar refractivity (Wildman–Crippen MR) is 78.3 cm³/mol. The first kappa shape index (κ1) is 14.3. The van der Waals surface area contributed by atoms with Crippen LogP contribution in [0.15, 0.2) is 0 Å². The number of amides is 1. The molecule has 3 rings (SSSR count). The smallest absolute Gasteiger partial charge is 0.237 e. The van der Waals surface area contributed by atoms with E-state index in [-0.39, 0.29) is 18.1 Å². The molecular formula is C16H28N2O2. The van der Waals surface area contributed by atoms with Gasteiger partial charge in [-0.15, -0.1) is 0 Å². The van der Waals surface area contributed by atoms with Crippen molar-refractivity contribution in [3.05, 3.63) is 0 Å². The fraction of sp³-hybridized carbons (Fsp3) is 0.938. The number of aliphatic hydroxyl groups is 1. The van der Waals surface area contributed by atoms with Gasteiger partial charge in [0.15, 0.2) is 0 Å². The van der Waals surface area contributed by atoms with E-state index in [2.05, 4.69) is 10.2 Å². The molecule has 2 saturated carbocycles.